The molecule has 0 aromatic heterocycles. The van der Waals surface area contributed by atoms with Crippen molar-refractivity contribution in [3.63, 3.8) is 0 Å². The number of methoxy groups -OCH3 is 1. The Labute approximate surface area is 193 Å². The second-order valence-corrected chi connectivity index (χ2v) is 9.47. The maximum Gasteiger partial charge on any atom is 0.262 e. The molecule has 9 nitrogen and oxygen atoms in total. The highest BCUT2D eigenvalue weighted by Crippen LogP contribution is 2.30. The number of hydrogen-bond donors (Lipinski definition) is 1. The van der Waals surface area contributed by atoms with Crippen molar-refractivity contribution in [2.75, 3.05) is 45.3 Å². The number of sulfonamides is 1. The molecule has 2 aromatic rings. The first kappa shape index (κ1) is 24.7. The lowest BCUT2D eigenvalue weighted by Gasteiger charge is -2.26. The van der Waals surface area contributed by atoms with E-state index in [0.717, 1.165) is 5.56 Å². The zero-order valence-corrected chi connectivity index (χ0v) is 19.5. The molecule has 178 valence electrons. The highest BCUT2D eigenvalue weighted by molar-refractivity contribution is 7.89. The molecule has 0 saturated carbocycles. The average Bonchev–Trinajstić information content (AvgIpc) is 2.82. The quantitative estimate of drug-likeness (QED) is 0.560. The van der Waals surface area contributed by atoms with Crippen LogP contribution in [0.25, 0.3) is 0 Å². The molecule has 3 rings (SSSR count). The first-order valence-corrected chi connectivity index (χ1v) is 12.0. The minimum atomic E-state index is -3.81. The lowest BCUT2D eigenvalue weighted by Crippen LogP contribution is -2.40. The predicted molar refractivity (Wildman–Crippen MR) is 122 cm³/mol. The molecule has 0 atom stereocenters. The third kappa shape index (κ3) is 6.77. The van der Waals surface area contributed by atoms with E-state index in [-0.39, 0.29) is 36.1 Å². The smallest absolute Gasteiger partial charge is 0.262 e. The van der Waals surface area contributed by atoms with Gasteiger partial charge in [-0.25, -0.2) is 8.42 Å². The van der Waals surface area contributed by atoms with E-state index >= 15 is 0 Å². The number of morpholine rings is 1. The molecule has 1 fully saturated rings. The van der Waals surface area contributed by atoms with Crippen molar-refractivity contribution < 1.29 is 32.2 Å². The minimum Gasteiger partial charge on any atom is -0.495 e. The summed E-state index contributed by atoms with van der Waals surface area (Å²) in [5, 5.41) is 2.66. The number of carbonyl (C=O) groups excluding carboxylic acids is 2. The van der Waals surface area contributed by atoms with Gasteiger partial charge in [0.2, 0.25) is 10.0 Å². The number of carbonyl (C=O) groups is 2. The van der Waals surface area contributed by atoms with Crippen molar-refractivity contribution in [3.8, 4) is 11.5 Å². The van der Waals surface area contributed by atoms with Crippen molar-refractivity contribution in [3.05, 3.63) is 48.0 Å². The number of hydrogen-bond acceptors (Lipinski definition) is 7. The van der Waals surface area contributed by atoms with Gasteiger partial charge in [0.1, 0.15) is 22.2 Å². The van der Waals surface area contributed by atoms with E-state index in [2.05, 4.69) is 5.32 Å². The summed E-state index contributed by atoms with van der Waals surface area (Å²) in [4.78, 5) is 23.4. The van der Waals surface area contributed by atoms with E-state index in [9.17, 15) is 18.0 Å². The molecule has 0 spiro atoms. The van der Waals surface area contributed by atoms with Crippen LogP contribution >= 0.6 is 0 Å². The minimum absolute atomic E-state index is 0.0215. The Morgan fingerprint density at radius 2 is 1.79 bits per heavy atom. The van der Waals surface area contributed by atoms with Gasteiger partial charge in [-0.2, -0.15) is 4.31 Å². The van der Waals surface area contributed by atoms with Crippen molar-refractivity contribution in [2.24, 2.45) is 0 Å². The summed E-state index contributed by atoms with van der Waals surface area (Å²) in [5.74, 6) is 0.407. The van der Waals surface area contributed by atoms with Crippen LogP contribution < -0.4 is 14.8 Å². The van der Waals surface area contributed by atoms with Crippen LogP contribution in [0.1, 0.15) is 18.9 Å². The summed E-state index contributed by atoms with van der Waals surface area (Å²) >= 11 is 0. The second kappa shape index (κ2) is 11.3. The summed E-state index contributed by atoms with van der Waals surface area (Å²) in [6, 6.07) is 11.6. The van der Waals surface area contributed by atoms with E-state index in [0.29, 0.717) is 37.5 Å². The number of nitrogens with zero attached hydrogens (tertiary/aromatic N) is 1. The van der Waals surface area contributed by atoms with Crippen LogP contribution in [0, 0.1) is 0 Å². The number of amides is 1. The number of rotatable bonds is 10. The molecule has 0 unspecified atom stereocenters. The Balaban J connectivity index is 1.62. The number of ketones is 1. The predicted octanol–water partition coefficient (Wildman–Crippen LogP) is 2.26. The number of Topliss-reactive ketones (excluding diaryl/α,β-unsaturated/α-hetero) is 1. The summed E-state index contributed by atoms with van der Waals surface area (Å²) in [6.45, 7) is 2.47. The van der Waals surface area contributed by atoms with Crippen LogP contribution in [0.2, 0.25) is 0 Å². The van der Waals surface area contributed by atoms with Crippen molar-refractivity contribution >= 4 is 27.4 Å². The van der Waals surface area contributed by atoms with E-state index in [4.69, 9.17) is 14.2 Å². The van der Waals surface area contributed by atoms with E-state index in [1.165, 1.54) is 23.5 Å². The maximum atomic E-state index is 13.1. The Kier molecular flexibility index (Phi) is 8.43. The highest BCUT2D eigenvalue weighted by atomic mass is 32.2. The molecule has 1 saturated heterocycles. The lowest BCUT2D eigenvalue weighted by atomic mass is 10.1. The molecular formula is C23H28N2O7S. The van der Waals surface area contributed by atoms with Crippen molar-refractivity contribution in [1.82, 2.24) is 4.31 Å². The van der Waals surface area contributed by atoms with Gasteiger partial charge in [-0.05, 0) is 49.2 Å². The number of nitrogens with one attached hydrogen (secondary N) is 1. The standard InChI is InChI=1S/C23H28N2O7S/c1-17(26)3-4-18-5-8-20(9-6-18)32-16-23(27)24-19-7-10-21(30-2)22(15-19)33(28,29)25-11-13-31-14-12-25/h5-10,15H,3-4,11-14,16H2,1-2H3,(H,24,27). The number of ether oxygens (including phenoxy) is 3. The van der Waals surface area contributed by atoms with Gasteiger partial charge in [-0.15, -0.1) is 0 Å². The molecule has 10 heteroatoms. The molecule has 1 amide bonds. The van der Waals surface area contributed by atoms with Gasteiger partial charge in [0.15, 0.2) is 6.61 Å². The van der Waals surface area contributed by atoms with Gasteiger partial charge < -0.3 is 24.3 Å². The molecule has 1 heterocycles. The van der Waals surface area contributed by atoms with Gasteiger partial charge in [-0.1, -0.05) is 12.1 Å². The molecule has 1 aliphatic heterocycles. The van der Waals surface area contributed by atoms with E-state index in [1.54, 1.807) is 25.1 Å². The highest BCUT2D eigenvalue weighted by Gasteiger charge is 2.29. The Morgan fingerprint density at radius 3 is 2.42 bits per heavy atom. The second-order valence-electron chi connectivity index (χ2n) is 7.56. The SMILES string of the molecule is COc1ccc(NC(=O)COc2ccc(CCC(C)=O)cc2)cc1S(=O)(=O)N1CCOCC1. The van der Waals surface area contributed by atoms with Gasteiger partial charge in [0.25, 0.3) is 5.91 Å². The third-order valence-electron chi connectivity index (χ3n) is 5.09. The Morgan fingerprint density at radius 1 is 1.09 bits per heavy atom. The van der Waals surface area contributed by atoms with Crippen molar-refractivity contribution in [1.29, 1.82) is 0 Å². The number of aryl methyl sites for hydroxylation is 1. The summed E-state index contributed by atoms with van der Waals surface area (Å²) in [7, 11) is -2.41. The van der Waals surface area contributed by atoms with Crippen LogP contribution in [0.4, 0.5) is 5.69 Å². The fraction of sp³-hybridized carbons (Fsp3) is 0.391. The van der Waals surface area contributed by atoms with Crippen LogP contribution in [-0.4, -0.2) is 64.4 Å². The Hall–Kier alpha value is -2.95. The maximum absolute atomic E-state index is 13.1. The first-order chi connectivity index (χ1) is 15.8. The first-order valence-electron chi connectivity index (χ1n) is 10.6. The lowest BCUT2D eigenvalue weighted by molar-refractivity contribution is -0.118. The van der Waals surface area contributed by atoms with Crippen molar-refractivity contribution in [2.45, 2.75) is 24.7 Å². The molecule has 0 radical (unpaired) electrons. The van der Waals surface area contributed by atoms with E-state index in [1.807, 2.05) is 12.1 Å². The zero-order valence-electron chi connectivity index (χ0n) is 18.7. The molecule has 2 aromatic carbocycles. The van der Waals surface area contributed by atoms with Crippen LogP contribution in [0.5, 0.6) is 11.5 Å². The van der Waals surface area contributed by atoms with Gasteiger partial charge >= 0.3 is 0 Å². The monoisotopic (exact) mass is 476 g/mol. The Bertz CT molecular complexity index is 1080. The van der Waals surface area contributed by atoms with Gasteiger partial charge in [-0.3, -0.25) is 4.79 Å². The largest absolute Gasteiger partial charge is 0.495 e. The van der Waals surface area contributed by atoms with Gasteiger partial charge in [0.05, 0.1) is 20.3 Å². The molecule has 0 bridgehead atoms. The van der Waals surface area contributed by atoms with E-state index < -0.39 is 15.9 Å². The summed E-state index contributed by atoms with van der Waals surface area (Å²) < 4.78 is 43.4. The summed E-state index contributed by atoms with van der Waals surface area (Å²) in [6.07, 6.45) is 1.14. The number of anilines is 1. The number of benzene rings is 2. The average molecular weight is 477 g/mol. The molecule has 1 N–H and O–H groups in total. The fourth-order valence-electron chi connectivity index (χ4n) is 3.30. The van der Waals surface area contributed by atoms with Crippen LogP contribution in [0.3, 0.4) is 0 Å². The van der Waals surface area contributed by atoms with Gasteiger partial charge in [0, 0.05) is 25.2 Å². The molecule has 1 aliphatic rings. The van der Waals surface area contributed by atoms with Crippen LogP contribution in [-0.2, 0) is 30.8 Å². The topological polar surface area (TPSA) is 111 Å². The summed E-state index contributed by atoms with van der Waals surface area (Å²) in [5.41, 5.74) is 1.32. The third-order valence-corrected chi connectivity index (χ3v) is 7.01. The fourth-order valence-corrected chi connectivity index (χ4v) is 4.89. The normalized spacial score (nSPS) is 14.5. The molecule has 33 heavy (non-hydrogen) atoms. The zero-order chi connectivity index (χ0) is 23.8. The van der Waals surface area contributed by atoms with Crippen LogP contribution in [0.15, 0.2) is 47.4 Å². The molecular weight excluding hydrogens is 448 g/mol. The molecule has 0 aliphatic carbocycles.